The lowest BCUT2D eigenvalue weighted by molar-refractivity contribution is -0.131. The topological polar surface area (TPSA) is 77.8 Å². The van der Waals surface area contributed by atoms with E-state index in [0.717, 1.165) is 11.6 Å². The first kappa shape index (κ1) is 16.9. The van der Waals surface area contributed by atoms with Gasteiger partial charge in [0.25, 0.3) is 5.91 Å². The van der Waals surface area contributed by atoms with E-state index in [4.69, 9.17) is 5.11 Å². The van der Waals surface area contributed by atoms with E-state index >= 15 is 0 Å². The molecule has 1 aromatic carbocycles. The monoisotopic (exact) mass is 291 g/mol. The number of rotatable bonds is 6. The zero-order valence-corrected chi connectivity index (χ0v) is 12.5. The van der Waals surface area contributed by atoms with Crippen LogP contribution in [0.15, 0.2) is 24.3 Å². The molecule has 0 radical (unpaired) electrons. The van der Waals surface area contributed by atoms with Gasteiger partial charge in [-0.15, -0.1) is 0 Å². The number of carbonyl (C=O) groups is 2. The Morgan fingerprint density at radius 3 is 2.62 bits per heavy atom. The van der Waals surface area contributed by atoms with E-state index in [1.807, 2.05) is 6.92 Å². The molecule has 0 bridgehead atoms. The van der Waals surface area contributed by atoms with Crippen molar-refractivity contribution in [2.75, 3.05) is 13.6 Å². The summed E-state index contributed by atoms with van der Waals surface area (Å²) in [7, 11) is 1.68. The van der Waals surface area contributed by atoms with Crippen molar-refractivity contribution in [1.29, 1.82) is 0 Å². The average molecular weight is 291 g/mol. The SMILES string of the molecule is Cc1ccc(/C=C/C(=O)O)cc1C(=O)N(C)CCC(C)O. The highest BCUT2D eigenvalue weighted by atomic mass is 16.4. The van der Waals surface area contributed by atoms with Crippen LogP contribution in [0.5, 0.6) is 0 Å². The van der Waals surface area contributed by atoms with E-state index in [1.165, 1.54) is 6.08 Å². The number of hydrogen-bond acceptors (Lipinski definition) is 3. The Balaban J connectivity index is 2.92. The molecule has 0 spiro atoms. The second-order valence-electron chi connectivity index (χ2n) is 5.11. The molecule has 1 amide bonds. The fourth-order valence-corrected chi connectivity index (χ4v) is 1.83. The fraction of sp³-hybridized carbons (Fsp3) is 0.375. The largest absolute Gasteiger partial charge is 0.478 e. The van der Waals surface area contributed by atoms with Crippen molar-refractivity contribution in [2.24, 2.45) is 0 Å². The first-order valence-corrected chi connectivity index (χ1v) is 6.76. The summed E-state index contributed by atoms with van der Waals surface area (Å²) in [6.07, 6.45) is 2.55. The summed E-state index contributed by atoms with van der Waals surface area (Å²) in [5.74, 6) is -1.17. The number of aliphatic hydroxyl groups is 1. The van der Waals surface area contributed by atoms with E-state index in [1.54, 1.807) is 37.1 Å². The summed E-state index contributed by atoms with van der Waals surface area (Å²) < 4.78 is 0. The van der Waals surface area contributed by atoms with Gasteiger partial charge in [0.15, 0.2) is 0 Å². The van der Waals surface area contributed by atoms with Gasteiger partial charge in [0.05, 0.1) is 6.10 Å². The zero-order valence-electron chi connectivity index (χ0n) is 12.5. The van der Waals surface area contributed by atoms with Gasteiger partial charge in [0.2, 0.25) is 0 Å². The second-order valence-corrected chi connectivity index (χ2v) is 5.11. The molecule has 21 heavy (non-hydrogen) atoms. The average Bonchev–Trinajstić information content (AvgIpc) is 2.42. The number of hydrogen-bond donors (Lipinski definition) is 2. The van der Waals surface area contributed by atoms with E-state index in [-0.39, 0.29) is 5.91 Å². The molecule has 1 unspecified atom stereocenters. The Morgan fingerprint density at radius 1 is 1.38 bits per heavy atom. The molecule has 0 saturated carbocycles. The van der Waals surface area contributed by atoms with Crippen molar-refractivity contribution < 1.29 is 19.8 Å². The molecule has 0 aliphatic rings. The van der Waals surface area contributed by atoms with Crippen molar-refractivity contribution in [3.8, 4) is 0 Å². The first-order valence-electron chi connectivity index (χ1n) is 6.76. The van der Waals surface area contributed by atoms with Crippen LogP contribution in [0, 0.1) is 6.92 Å². The summed E-state index contributed by atoms with van der Waals surface area (Å²) in [4.78, 5) is 24.5. The number of aliphatic hydroxyl groups excluding tert-OH is 1. The summed E-state index contributed by atoms with van der Waals surface area (Å²) >= 11 is 0. The summed E-state index contributed by atoms with van der Waals surface area (Å²) in [6, 6.07) is 5.23. The molecular formula is C16H21NO4. The van der Waals surface area contributed by atoms with Gasteiger partial charge in [-0.1, -0.05) is 12.1 Å². The van der Waals surface area contributed by atoms with E-state index in [2.05, 4.69) is 0 Å². The minimum atomic E-state index is -1.03. The van der Waals surface area contributed by atoms with Gasteiger partial charge < -0.3 is 15.1 Å². The Hall–Kier alpha value is -2.14. The number of benzene rings is 1. The second kappa shape index (κ2) is 7.59. The van der Waals surface area contributed by atoms with E-state index in [9.17, 15) is 14.7 Å². The molecule has 1 aromatic rings. The van der Waals surface area contributed by atoms with Gasteiger partial charge in [-0.25, -0.2) is 4.79 Å². The smallest absolute Gasteiger partial charge is 0.328 e. The van der Waals surface area contributed by atoms with Gasteiger partial charge in [-0.2, -0.15) is 0 Å². The van der Waals surface area contributed by atoms with Crippen LogP contribution in [0.4, 0.5) is 0 Å². The van der Waals surface area contributed by atoms with E-state index in [0.29, 0.717) is 24.1 Å². The summed E-state index contributed by atoms with van der Waals surface area (Å²) in [5.41, 5.74) is 2.03. The molecule has 1 rings (SSSR count). The Labute approximate surface area is 124 Å². The predicted octanol–water partition coefficient (Wildman–Crippen LogP) is 1.94. The predicted molar refractivity (Wildman–Crippen MR) is 81.1 cm³/mol. The molecule has 5 heteroatoms. The molecule has 5 nitrogen and oxygen atoms in total. The van der Waals surface area contributed by atoms with Crippen LogP contribution in [0.1, 0.15) is 34.8 Å². The number of carboxylic acids is 1. The van der Waals surface area contributed by atoms with Gasteiger partial charge in [-0.3, -0.25) is 4.79 Å². The normalized spacial score (nSPS) is 12.4. The number of nitrogens with zero attached hydrogens (tertiary/aromatic N) is 1. The van der Waals surface area contributed by atoms with Crippen LogP contribution in [0.2, 0.25) is 0 Å². The number of aliphatic carboxylic acids is 1. The maximum Gasteiger partial charge on any atom is 0.328 e. The van der Waals surface area contributed by atoms with Crippen molar-refractivity contribution in [2.45, 2.75) is 26.4 Å². The van der Waals surface area contributed by atoms with Crippen molar-refractivity contribution in [1.82, 2.24) is 4.90 Å². The maximum absolute atomic E-state index is 12.4. The van der Waals surface area contributed by atoms with Gasteiger partial charge in [0.1, 0.15) is 0 Å². The number of carbonyl (C=O) groups excluding carboxylic acids is 1. The standard InChI is InChI=1S/C16H21NO4/c1-11-4-5-13(6-7-15(19)20)10-14(11)16(21)17(3)9-8-12(2)18/h4-7,10,12,18H,8-9H2,1-3H3,(H,19,20)/b7-6+. The van der Waals surface area contributed by atoms with Gasteiger partial charge >= 0.3 is 5.97 Å². The third-order valence-electron chi connectivity index (χ3n) is 3.14. The molecular weight excluding hydrogens is 270 g/mol. The lowest BCUT2D eigenvalue weighted by Gasteiger charge is -2.19. The fourth-order valence-electron chi connectivity index (χ4n) is 1.83. The lowest BCUT2D eigenvalue weighted by Crippen LogP contribution is -2.30. The highest BCUT2D eigenvalue weighted by Gasteiger charge is 2.14. The van der Waals surface area contributed by atoms with Crippen LogP contribution in [-0.4, -0.2) is 46.7 Å². The molecule has 1 atom stereocenters. The Morgan fingerprint density at radius 2 is 2.05 bits per heavy atom. The first-order chi connectivity index (χ1) is 9.81. The van der Waals surface area contributed by atoms with Crippen LogP contribution in [0.3, 0.4) is 0 Å². The molecule has 0 saturated heterocycles. The third kappa shape index (κ3) is 5.39. The zero-order chi connectivity index (χ0) is 16.0. The van der Waals surface area contributed by atoms with Crippen molar-refractivity contribution >= 4 is 18.0 Å². The molecule has 0 aromatic heterocycles. The maximum atomic E-state index is 12.4. The quantitative estimate of drug-likeness (QED) is 0.785. The van der Waals surface area contributed by atoms with Gasteiger partial charge in [-0.05, 0) is 43.5 Å². The van der Waals surface area contributed by atoms with Crippen molar-refractivity contribution in [3.63, 3.8) is 0 Å². The van der Waals surface area contributed by atoms with Crippen molar-refractivity contribution in [3.05, 3.63) is 41.0 Å². The minimum absolute atomic E-state index is 0.140. The number of amides is 1. The van der Waals surface area contributed by atoms with Crippen LogP contribution < -0.4 is 0 Å². The number of carboxylic acid groups (broad SMARTS) is 1. The Bertz CT molecular complexity index is 549. The van der Waals surface area contributed by atoms with Gasteiger partial charge in [0, 0.05) is 25.2 Å². The highest BCUT2D eigenvalue weighted by molar-refractivity contribution is 5.96. The highest BCUT2D eigenvalue weighted by Crippen LogP contribution is 2.15. The van der Waals surface area contributed by atoms with Crippen LogP contribution >= 0.6 is 0 Å². The summed E-state index contributed by atoms with van der Waals surface area (Å²) in [6.45, 7) is 3.98. The molecule has 0 aliphatic heterocycles. The molecule has 0 aliphatic carbocycles. The molecule has 0 heterocycles. The van der Waals surface area contributed by atoms with Crippen LogP contribution in [0.25, 0.3) is 6.08 Å². The lowest BCUT2D eigenvalue weighted by atomic mass is 10.0. The summed E-state index contributed by atoms with van der Waals surface area (Å²) in [5, 5.41) is 17.9. The third-order valence-corrected chi connectivity index (χ3v) is 3.14. The molecule has 0 fully saturated rings. The number of aryl methyl sites for hydroxylation is 1. The minimum Gasteiger partial charge on any atom is -0.478 e. The van der Waals surface area contributed by atoms with Crippen LogP contribution in [-0.2, 0) is 4.79 Å². The Kier molecular flexibility index (Phi) is 6.11. The molecule has 2 N–H and O–H groups in total. The molecule has 114 valence electrons. The van der Waals surface area contributed by atoms with E-state index < -0.39 is 12.1 Å².